The summed E-state index contributed by atoms with van der Waals surface area (Å²) < 4.78 is 71.4. The van der Waals surface area contributed by atoms with E-state index in [0.29, 0.717) is 31.4 Å². The number of nitrogens with zero attached hydrogens (tertiary/aromatic N) is 3. The number of anilines is 1. The number of aliphatic carboxylic acids is 1. The molecule has 2 aliphatic rings. The second kappa shape index (κ2) is 8.78. The molecule has 9 nitrogen and oxygen atoms in total. The Balaban J connectivity index is 1.68. The van der Waals surface area contributed by atoms with Gasteiger partial charge in [0.05, 0.1) is 22.6 Å². The van der Waals surface area contributed by atoms with E-state index in [4.69, 9.17) is 4.74 Å². The van der Waals surface area contributed by atoms with Crippen molar-refractivity contribution in [2.45, 2.75) is 36.4 Å². The molecule has 1 atom stereocenters. The van der Waals surface area contributed by atoms with Crippen LogP contribution < -0.4 is 9.04 Å². The van der Waals surface area contributed by atoms with E-state index in [1.165, 1.54) is 17.2 Å². The second-order valence-corrected chi connectivity index (χ2v) is 9.71. The largest absolute Gasteiger partial charge is 0.480 e. The van der Waals surface area contributed by atoms with E-state index in [2.05, 4.69) is 4.98 Å². The van der Waals surface area contributed by atoms with E-state index in [1.54, 1.807) is 0 Å². The zero-order chi connectivity index (χ0) is 24.7. The van der Waals surface area contributed by atoms with E-state index in [-0.39, 0.29) is 41.7 Å². The number of benzene rings is 1. The van der Waals surface area contributed by atoms with Crippen LogP contribution in [0, 0.1) is 0 Å². The maximum Gasteiger partial charge on any atom is 0.416 e. The third kappa shape index (κ3) is 4.39. The third-order valence-electron chi connectivity index (χ3n) is 5.70. The summed E-state index contributed by atoms with van der Waals surface area (Å²) in [5, 5.41) is 9.45. The Morgan fingerprint density at radius 2 is 1.82 bits per heavy atom. The predicted molar refractivity (Wildman–Crippen MR) is 112 cm³/mol. The Hall–Kier alpha value is -3.35. The number of carbonyl (C=O) groups excluding carboxylic acids is 1. The van der Waals surface area contributed by atoms with Gasteiger partial charge in [-0.15, -0.1) is 0 Å². The topological polar surface area (TPSA) is 117 Å². The van der Waals surface area contributed by atoms with Gasteiger partial charge in [-0.3, -0.25) is 9.10 Å². The Morgan fingerprint density at radius 1 is 1.12 bits per heavy atom. The van der Waals surface area contributed by atoms with Crippen molar-refractivity contribution in [1.29, 1.82) is 0 Å². The number of hydrogen-bond acceptors (Lipinski definition) is 6. The van der Waals surface area contributed by atoms with Crippen LogP contribution in [0.1, 0.15) is 35.2 Å². The molecule has 34 heavy (non-hydrogen) atoms. The molecule has 4 rings (SSSR count). The summed E-state index contributed by atoms with van der Waals surface area (Å²) >= 11 is 0. The molecule has 1 unspecified atom stereocenters. The van der Waals surface area contributed by atoms with Crippen molar-refractivity contribution in [2.75, 3.05) is 24.0 Å². The summed E-state index contributed by atoms with van der Waals surface area (Å²) in [5.74, 6) is -1.81. The lowest BCUT2D eigenvalue weighted by molar-refractivity contribution is -0.143. The number of fused-ring (bicyclic) bond motifs is 1. The second-order valence-electron chi connectivity index (χ2n) is 7.84. The van der Waals surface area contributed by atoms with Crippen molar-refractivity contribution in [3.63, 3.8) is 0 Å². The van der Waals surface area contributed by atoms with Crippen molar-refractivity contribution < 1.29 is 41.0 Å². The van der Waals surface area contributed by atoms with Crippen LogP contribution in [0.25, 0.3) is 0 Å². The summed E-state index contributed by atoms with van der Waals surface area (Å²) in [6.07, 6.45) is -1.84. The minimum Gasteiger partial charge on any atom is -0.480 e. The summed E-state index contributed by atoms with van der Waals surface area (Å²) in [6, 6.07) is 3.32. The lowest BCUT2D eigenvalue weighted by atomic mass is 10.0. The molecule has 3 heterocycles. The Kier molecular flexibility index (Phi) is 6.14. The molecule has 182 valence electrons. The number of ether oxygens (including phenoxy) is 1. The molecule has 1 N–H and O–H groups in total. The molecular weight excluding hydrogens is 479 g/mol. The molecule has 0 aliphatic carbocycles. The van der Waals surface area contributed by atoms with Crippen LogP contribution in [-0.2, 0) is 21.0 Å². The number of carboxylic acid groups (broad SMARTS) is 1. The number of likely N-dealkylation sites (tertiary alicyclic amines) is 1. The number of sulfonamides is 1. The quantitative estimate of drug-likeness (QED) is 0.688. The number of halogens is 3. The molecule has 1 aromatic carbocycles. The van der Waals surface area contributed by atoms with E-state index in [0.717, 1.165) is 16.4 Å². The Labute approximate surface area is 192 Å². The van der Waals surface area contributed by atoms with Crippen molar-refractivity contribution in [3.05, 3.63) is 47.7 Å². The smallest absolute Gasteiger partial charge is 0.416 e. The van der Waals surface area contributed by atoms with Crippen molar-refractivity contribution in [2.24, 2.45) is 0 Å². The van der Waals surface area contributed by atoms with Gasteiger partial charge in [-0.1, -0.05) is 0 Å². The zero-order valence-electron chi connectivity index (χ0n) is 17.7. The van der Waals surface area contributed by atoms with Gasteiger partial charge in [0.25, 0.3) is 15.9 Å². The summed E-state index contributed by atoms with van der Waals surface area (Å²) in [6.45, 7) is 0.0223. The average Bonchev–Trinajstić information content (AvgIpc) is 2.82. The zero-order valence-corrected chi connectivity index (χ0v) is 18.5. The molecule has 1 aromatic heterocycles. The maximum absolute atomic E-state index is 13.2. The fraction of sp³-hybridized carbons (Fsp3) is 0.381. The van der Waals surface area contributed by atoms with Crippen LogP contribution in [-0.4, -0.2) is 61.0 Å². The average molecular weight is 499 g/mol. The molecule has 1 saturated heterocycles. The van der Waals surface area contributed by atoms with Gasteiger partial charge >= 0.3 is 12.1 Å². The summed E-state index contributed by atoms with van der Waals surface area (Å²) in [5.41, 5.74) is -1.07. The van der Waals surface area contributed by atoms with Gasteiger partial charge in [0.1, 0.15) is 18.3 Å². The molecule has 0 saturated carbocycles. The molecule has 0 spiro atoms. The predicted octanol–water partition coefficient (Wildman–Crippen LogP) is 2.77. The SMILES string of the molecule is O=C(O)C1CCCCN1C(=O)c1cnc2c(c1)N(S(=O)(=O)c1ccc(C(F)(F)F)cc1)CCO2. The Morgan fingerprint density at radius 3 is 2.47 bits per heavy atom. The molecule has 2 aromatic rings. The van der Waals surface area contributed by atoms with Gasteiger partial charge < -0.3 is 14.7 Å². The van der Waals surface area contributed by atoms with Gasteiger partial charge in [0, 0.05) is 12.7 Å². The monoisotopic (exact) mass is 499 g/mol. The molecule has 0 radical (unpaired) electrons. The number of carbonyl (C=O) groups is 2. The van der Waals surface area contributed by atoms with Gasteiger partial charge in [-0.2, -0.15) is 13.2 Å². The molecule has 2 aliphatic heterocycles. The normalized spacial score (nSPS) is 18.7. The first-order valence-electron chi connectivity index (χ1n) is 10.4. The van der Waals surface area contributed by atoms with Crippen LogP contribution in [0.3, 0.4) is 0 Å². The lowest BCUT2D eigenvalue weighted by Crippen LogP contribution is -2.48. The van der Waals surface area contributed by atoms with Gasteiger partial charge in [-0.25, -0.2) is 18.2 Å². The molecule has 1 amide bonds. The number of alkyl halides is 3. The van der Waals surface area contributed by atoms with E-state index in [9.17, 15) is 36.3 Å². The van der Waals surface area contributed by atoms with Crippen LogP contribution in [0.2, 0.25) is 0 Å². The first kappa shape index (κ1) is 23.8. The number of aromatic nitrogens is 1. The minimum absolute atomic E-state index is 0.0231. The van der Waals surface area contributed by atoms with E-state index < -0.39 is 39.7 Å². The van der Waals surface area contributed by atoms with Crippen molar-refractivity contribution in [1.82, 2.24) is 9.88 Å². The fourth-order valence-electron chi connectivity index (χ4n) is 3.98. The summed E-state index contributed by atoms with van der Waals surface area (Å²) in [4.78, 5) is 29.5. The maximum atomic E-state index is 13.2. The number of amides is 1. The fourth-order valence-corrected chi connectivity index (χ4v) is 5.42. The first-order valence-corrected chi connectivity index (χ1v) is 11.8. The molecule has 1 fully saturated rings. The minimum atomic E-state index is -4.62. The number of piperidine rings is 1. The molecule has 13 heteroatoms. The van der Waals surface area contributed by atoms with Crippen LogP contribution in [0.4, 0.5) is 18.9 Å². The lowest BCUT2D eigenvalue weighted by Gasteiger charge is -2.34. The van der Waals surface area contributed by atoms with E-state index >= 15 is 0 Å². The van der Waals surface area contributed by atoms with Gasteiger partial charge in [0.2, 0.25) is 5.88 Å². The van der Waals surface area contributed by atoms with Crippen LogP contribution in [0.5, 0.6) is 5.88 Å². The highest BCUT2D eigenvalue weighted by Gasteiger charge is 2.36. The number of rotatable bonds is 4. The third-order valence-corrected chi connectivity index (χ3v) is 7.53. The molecule has 0 bridgehead atoms. The highest BCUT2D eigenvalue weighted by Crippen LogP contribution is 2.36. The van der Waals surface area contributed by atoms with Crippen LogP contribution in [0.15, 0.2) is 41.4 Å². The molecular formula is C21H20F3N3O6S. The van der Waals surface area contributed by atoms with Crippen molar-refractivity contribution >= 4 is 27.6 Å². The number of hydrogen-bond donors (Lipinski definition) is 1. The van der Waals surface area contributed by atoms with E-state index in [1.807, 2.05) is 0 Å². The number of carboxylic acids is 1. The van der Waals surface area contributed by atoms with Crippen molar-refractivity contribution in [3.8, 4) is 5.88 Å². The van der Waals surface area contributed by atoms with Gasteiger partial charge in [0.15, 0.2) is 0 Å². The Bertz CT molecular complexity index is 1220. The first-order chi connectivity index (χ1) is 16.0. The van der Waals surface area contributed by atoms with Gasteiger partial charge in [-0.05, 0) is 49.6 Å². The highest BCUT2D eigenvalue weighted by atomic mass is 32.2. The standard InChI is InChI=1S/C21H20F3N3O6S/c22-21(23,24)14-4-6-15(7-5-14)34(31,32)27-9-10-33-18-17(27)11-13(12-25-18)19(28)26-8-2-1-3-16(26)20(29)30/h4-7,11-12,16H,1-3,8-10H2,(H,29,30). The highest BCUT2D eigenvalue weighted by molar-refractivity contribution is 7.92. The summed E-state index contributed by atoms with van der Waals surface area (Å²) in [7, 11) is -4.30. The van der Waals surface area contributed by atoms with Crippen LogP contribution >= 0.6 is 0 Å². The number of pyridine rings is 1.